The highest BCUT2D eigenvalue weighted by Crippen LogP contribution is 2.21. The molecule has 1 aromatic carbocycles. The van der Waals surface area contributed by atoms with Crippen LogP contribution < -0.4 is 0 Å². The number of hydrogen-bond donors (Lipinski definition) is 0. The van der Waals surface area contributed by atoms with E-state index in [9.17, 15) is 0 Å². The van der Waals surface area contributed by atoms with Crippen LogP contribution in [0.15, 0.2) is 36.9 Å². The number of hydrogen-bond acceptors (Lipinski definition) is 3. The zero-order valence-electron chi connectivity index (χ0n) is 10.2. The first-order valence-electron chi connectivity index (χ1n) is 5.75. The monoisotopic (exact) mass is 228 g/mol. The molecule has 0 spiro atoms. The minimum Gasteiger partial charge on any atom is -0.226 e. The van der Waals surface area contributed by atoms with E-state index in [-0.39, 0.29) is 0 Å². The molecule has 1 heterocycles. The normalized spacial score (nSPS) is 12.4. The Morgan fingerprint density at radius 2 is 2.06 bits per heavy atom. The number of rotatable bonds is 4. The lowest BCUT2D eigenvalue weighted by molar-refractivity contribution is 0.631. The van der Waals surface area contributed by atoms with Gasteiger partial charge in [-0.1, -0.05) is 37.3 Å². The summed E-state index contributed by atoms with van der Waals surface area (Å²) in [5.41, 5.74) is 2.29. The Labute approximate surface area is 101 Å². The molecule has 4 heteroatoms. The van der Waals surface area contributed by atoms with Gasteiger partial charge in [-0.15, -0.1) is 11.7 Å². The average molecular weight is 228 g/mol. The van der Waals surface area contributed by atoms with E-state index < -0.39 is 0 Å². The molecule has 2 aromatic rings. The molecule has 0 saturated heterocycles. The highest BCUT2D eigenvalue weighted by atomic mass is 15.5. The summed E-state index contributed by atoms with van der Waals surface area (Å²) in [5.74, 6) is 1.18. The van der Waals surface area contributed by atoms with Crippen LogP contribution in [0.4, 0.5) is 0 Å². The van der Waals surface area contributed by atoms with Crippen molar-refractivity contribution in [1.82, 2.24) is 20.2 Å². The third-order valence-electron chi connectivity index (χ3n) is 2.88. The molecule has 0 aliphatic heterocycles. The molecule has 17 heavy (non-hydrogen) atoms. The molecule has 0 aliphatic carbocycles. The minimum absolute atomic E-state index is 0.367. The summed E-state index contributed by atoms with van der Waals surface area (Å²) < 4.78 is 1.78. The molecule has 0 amide bonds. The molecule has 4 nitrogen and oxygen atoms in total. The van der Waals surface area contributed by atoms with Gasteiger partial charge in [0.25, 0.3) is 0 Å². The highest BCUT2D eigenvalue weighted by Gasteiger charge is 2.08. The van der Waals surface area contributed by atoms with Crippen molar-refractivity contribution >= 4 is 0 Å². The molecule has 2 rings (SSSR count). The number of nitrogens with zero attached hydrogens (tertiary/aromatic N) is 4. The summed E-state index contributed by atoms with van der Waals surface area (Å²) in [7, 11) is 0. The van der Waals surface area contributed by atoms with Gasteiger partial charge in [0, 0.05) is 12.1 Å². The van der Waals surface area contributed by atoms with E-state index in [1.807, 2.05) is 25.1 Å². The van der Waals surface area contributed by atoms with Crippen molar-refractivity contribution in [3.8, 4) is 11.4 Å². The standard InChI is InChI=1S/C13H16N4/c1-4-10(3)11-6-8-12(9-7-11)13-14-15-16-17(13)5-2/h4,6-10H,1,5H2,2-3H3. The van der Waals surface area contributed by atoms with Crippen molar-refractivity contribution in [2.45, 2.75) is 26.3 Å². The third-order valence-corrected chi connectivity index (χ3v) is 2.88. The van der Waals surface area contributed by atoms with Gasteiger partial charge in [-0.05, 0) is 28.8 Å². The lowest BCUT2D eigenvalue weighted by Crippen LogP contribution is -1.99. The second-order valence-corrected chi connectivity index (χ2v) is 3.96. The molecule has 88 valence electrons. The van der Waals surface area contributed by atoms with Gasteiger partial charge in [0.2, 0.25) is 0 Å². The number of aryl methyl sites for hydroxylation is 1. The van der Waals surface area contributed by atoms with Crippen molar-refractivity contribution in [1.29, 1.82) is 0 Å². The highest BCUT2D eigenvalue weighted by molar-refractivity contribution is 5.55. The van der Waals surface area contributed by atoms with E-state index in [4.69, 9.17) is 0 Å². The number of benzene rings is 1. The van der Waals surface area contributed by atoms with Crippen LogP contribution in [0.5, 0.6) is 0 Å². The van der Waals surface area contributed by atoms with Crippen LogP contribution >= 0.6 is 0 Å². The Bertz CT molecular complexity index is 498. The molecule has 0 fully saturated rings. The van der Waals surface area contributed by atoms with Crippen LogP contribution in [0.3, 0.4) is 0 Å². The number of tetrazole rings is 1. The summed E-state index contributed by atoms with van der Waals surface area (Å²) in [5, 5.41) is 11.6. The quantitative estimate of drug-likeness (QED) is 0.755. The molecular formula is C13H16N4. The van der Waals surface area contributed by atoms with Crippen LogP contribution in [-0.2, 0) is 6.54 Å². The van der Waals surface area contributed by atoms with Crippen LogP contribution in [0.2, 0.25) is 0 Å². The average Bonchev–Trinajstić information content (AvgIpc) is 2.86. The Kier molecular flexibility index (Phi) is 3.32. The predicted molar refractivity (Wildman–Crippen MR) is 67.5 cm³/mol. The fraction of sp³-hybridized carbons (Fsp3) is 0.308. The maximum Gasteiger partial charge on any atom is 0.181 e. The third kappa shape index (κ3) is 2.25. The summed E-state index contributed by atoms with van der Waals surface area (Å²) >= 11 is 0. The molecule has 1 aromatic heterocycles. The molecule has 0 saturated carbocycles. The zero-order valence-corrected chi connectivity index (χ0v) is 10.2. The molecule has 0 aliphatic rings. The van der Waals surface area contributed by atoms with Gasteiger partial charge in [-0.25, -0.2) is 4.68 Å². The molecule has 1 unspecified atom stereocenters. The summed E-state index contributed by atoms with van der Waals surface area (Å²) in [6, 6.07) is 8.28. The first kappa shape index (κ1) is 11.5. The van der Waals surface area contributed by atoms with Crippen LogP contribution in [0.1, 0.15) is 25.3 Å². The van der Waals surface area contributed by atoms with Gasteiger partial charge < -0.3 is 0 Å². The van der Waals surface area contributed by atoms with Gasteiger partial charge in [-0.2, -0.15) is 0 Å². The van der Waals surface area contributed by atoms with Crippen LogP contribution in [0.25, 0.3) is 11.4 Å². The fourth-order valence-electron chi connectivity index (χ4n) is 1.70. The maximum absolute atomic E-state index is 4.03. The van der Waals surface area contributed by atoms with Crippen molar-refractivity contribution < 1.29 is 0 Å². The summed E-state index contributed by atoms with van der Waals surface area (Å²) in [6.07, 6.45) is 1.94. The lowest BCUT2D eigenvalue weighted by atomic mass is 10.00. The summed E-state index contributed by atoms with van der Waals surface area (Å²) in [4.78, 5) is 0. The van der Waals surface area contributed by atoms with E-state index in [0.717, 1.165) is 17.9 Å². The largest absolute Gasteiger partial charge is 0.226 e. The lowest BCUT2D eigenvalue weighted by Gasteiger charge is -2.07. The zero-order chi connectivity index (χ0) is 12.3. The van der Waals surface area contributed by atoms with Gasteiger partial charge >= 0.3 is 0 Å². The molecule has 0 N–H and O–H groups in total. The van der Waals surface area contributed by atoms with E-state index in [1.165, 1.54) is 5.56 Å². The fourth-order valence-corrected chi connectivity index (χ4v) is 1.70. The smallest absolute Gasteiger partial charge is 0.181 e. The van der Waals surface area contributed by atoms with Gasteiger partial charge in [0.05, 0.1) is 0 Å². The predicted octanol–water partition coefficient (Wildman–Crippen LogP) is 2.65. The van der Waals surface area contributed by atoms with Crippen molar-refractivity contribution in [2.75, 3.05) is 0 Å². The Morgan fingerprint density at radius 3 is 2.65 bits per heavy atom. The van der Waals surface area contributed by atoms with Gasteiger partial charge in [-0.3, -0.25) is 0 Å². The second-order valence-electron chi connectivity index (χ2n) is 3.96. The van der Waals surface area contributed by atoms with Crippen molar-refractivity contribution in [2.24, 2.45) is 0 Å². The molecule has 0 radical (unpaired) electrons. The number of allylic oxidation sites excluding steroid dienone is 1. The van der Waals surface area contributed by atoms with Crippen molar-refractivity contribution in [3.63, 3.8) is 0 Å². The van der Waals surface area contributed by atoms with Crippen molar-refractivity contribution in [3.05, 3.63) is 42.5 Å². The van der Waals surface area contributed by atoms with E-state index in [0.29, 0.717) is 5.92 Å². The Hall–Kier alpha value is -1.97. The van der Waals surface area contributed by atoms with E-state index in [1.54, 1.807) is 4.68 Å². The minimum atomic E-state index is 0.367. The summed E-state index contributed by atoms with van der Waals surface area (Å²) in [6.45, 7) is 8.72. The SMILES string of the molecule is C=CC(C)c1ccc(-c2nnnn2CC)cc1. The maximum atomic E-state index is 4.03. The van der Waals surface area contributed by atoms with Crippen LogP contribution in [0, 0.1) is 0 Å². The molecule has 0 bridgehead atoms. The Morgan fingerprint density at radius 1 is 1.35 bits per heavy atom. The second kappa shape index (κ2) is 4.91. The van der Waals surface area contributed by atoms with E-state index in [2.05, 4.69) is 41.2 Å². The molecule has 1 atom stereocenters. The topological polar surface area (TPSA) is 43.6 Å². The van der Waals surface area contributed by atoms with E-state index >= 15 is 0 Å². The Balaban J connectivity index is 2.32. The molecular weight excluding hydrogens is 212 g/mol. The first-order chi connectivity index (χ1) is 8.26. The first-order valence-corrected chi connectivity index (χ1v) is 5.75. The van der Waals surface area contributed by atoms with Crippen LogP contribution in [-0.4, -0.2) is 20.2 Å². The van der Waals surface area contributed by atoms with Gasteiger partial charge in [0.1, 0.15) is 0 Å². The van der Waals surface area contributed by atoms with Gasteiger partial charge in [0.15, 0.2) is 5.82 Å². The number of aromatic nitrogens is 4.